The molecule has 3 aromatic rings. The van der Waals surface area contributed by atoms with Gasteiger partial charge >= 0.3 is 0 Å². The van der Waals surface area contributed by atoms with Crippen molar-refractivity contribution < 1.29 is 4.74 Å². The van der Waals surface area contributed by atoms with Crippen LogP contribution < -0.4 is 5.43 Å². The molecule has 0 saturated heterocycles. The molecular formula is C22H22ClN5O. The molecule has 3 rings (SSSR count). The third-order valence-corrected chi connectivity index (χ3v) is 4.79. The quantitative estimate of drug-likeness (QED) is 0.465. The number of aryl methyl sites for hydroxylation is 2. The van der Waals surface area contributed by atoms with Crippen LogP contribution in [0.2, 0.25) is 5.02 Å². The summed E-state index contributed by atoms with van der Waals surface area (Å²) in [6.45, 7) is 6.27. The number of halogens is 1. The molecule has 0 radical (unpaired) electrons. The molecule has 0 spiro atoms. The third-order valence-electron chi connectivity index (χ3n) is 4.55. The van der Waals surface area contributed by atoms with Crippen LogP contribution in [0.25, 0.3) is 5.69 Å². The first-order chi connectivity index (χ1) is 13.9. The Hall–Kier alpha value is -3.14. The largest absolute Gasteiger partial charge is 0.380 e. The zero-order valence-electron chi connectivity index (χ0n) is 16.8. The molecule has 148 valence electrons. The van der Waals surface area contributed by atoms with Gasteiger partial charge in [0.2, 0.25) is 0 Å². The summed E-state index contributed by atoms with van der Waals surface area (Å²) >= 11 is 6.14. The highest BCUT2D eigenvalue weighted by molar-refractivity contribution is 6.30. The van der Waals surface area contributed by atoms with Gasteiger partial charge in [0.1, 0.15) is 11.6 Å². The number of nitrogens with zero attached hydrogens (tertiary/aromatic N) is 4. The molecule has 0 aliphatic rings. The first-order valence-electron chi connectivity index (χ1n) is 9.08. The number of aromatic nitrogens is 2. The summed E-state index contributed by atoms with van der Waals surface area (Å²) in [6, 6.07) is 13.8. The highest BCUT2D eigenvalue weighted by Crippen LogP contribution is 2.23. The molecule has 0 aliphatic heterocycles. The van der Waals surface area contributed by atoms with Crippen molar-refractivity contribution in [3.63, 3.8) is 0 Å². The molecule has 0 bridgehead atoms. The maximum Gasteiger partial charge on any atom is 0.164 e. The number of nitriles is 1. The number of rotatable bonds is 6. The summed E-state index contributed by atoms with van der Waals surface area (Å²) in [5.41, 5.74) is 8.96. The number of hydrogen-bond donors (Lipinski definition) is 1. The van der Waals surface area contributed by atoms with Crippen LogP contribution in [0.4, 0.5) is 5.82 Å². The Morgan fingerprint density at radius 3 is 2.76 bits per heavy atom. The lowest BCUT2D eigenvalue weighted by Crippen LogP contribution is -2.04. The molecule has 1 aromatic carbocycles. The number of hydrogen-bond acceptors (Lipinski definition) is 5. The van der Waals surface area contributed by atoms with Crippen LogP contribution >= 0.6 is 11.6 Å². The van der Waals surface area contributed by atoms with E-state index in [0.29, 0.717) is 23.0 Å². The zero-order valence-corrected chi connectivity index (χ0v) is 17.6. The lowest BCUT2D eigenvalue weighted by Gasteiger charge is -2.10. The van der Waals surface area contributed by atoms with Crippen molar-refractivity contribution in [2.75, 3.05) is 12.5 Å². The van der Waals surface area contributed by atoms with Crippen LogP contribution in [-0.2, 0) is 11.3 Å². The first kappa shape index (κ1) is 20.6. The molecule has 0 unspecified atom stereocenters. The summed E-state index contributed by atoms with van der Waals surface area (Å²) in [4.78, 5) is 4.40. The number of ether oxygens (including phenoxy) is 1. The average molecular weight is 408 g/mol. The van der Waals surface area contributed by atoms with Crippen molar-refractivity contribution in [3.05, 3.63) is 75.2 Å². The number of anilines is 1. The Balaban J connectivity index is 1.89. The monoisotopic (exact) mass is 407 g/mol. The lowest BCUT2D eigenvalue weighted by molar-refractivity contribution is 0.184. The van der Waals surface area contributed by atoms with E-state index in [2.05, 4.69) is 26.1 Å². The van der Waals surface area contributed by atoms with E-state index < -0.39 is 0 Å². The number of pyridine rings is 1. The standard InChI is InChI=1S/C22H22ClN5O/c1-14-8-18(13-29-4)21(11-24)22(26-14)27-25-12-17-9-15(2)28(16(17)3)20-7-5-6-19(23)10-20/h5-10,12H,13H2,1-4H3,(H,26,27)/b25-12-. The zero-order chi connectivity index (χ0) is 21.0. The van der Waals surface area contributed by atoms with Crippen LogP contribution in [0.5, 0.6) is 0 Å². The molecule has 6 nitrogen and oxygen atoms in total. The van der Waals surface area contributed by atoms with Crippen molar-refractivity contribution in [1.29, 1.82) is 5.26 Å². The van der Waals surface area contributed by atoms with Gasteiger partial charge in [-0.05, 0) is 51.1 Å². The van der Waals surface area contributed by atoms with E-state index in [1.165, 1.54) is 0 Å². The Morgan fingerprint density at radius 2 is 2.07 bits per heavy atom. The highest BCUT2D eigenvalue weighted by Gasteiger charge is 2.12. The highest BCUT2D eigenvalue weighted by atomic mass is 35.5. The van der Waals surface area contributed by atoms with Gasteiger partial charge in [0.25, 0.3) is 0 Å². The van der Waals surface area contributed by atoms with E-state index in [1.807, 2.05) is 57.2 Å². The summed E-state index contributed by atoms with van der Waals surface area (Å²) in [5.74, 6) is 0.416. The van der Waals surface area contributed by atoms with Crippen LogP contribution in [0, 0.1) is 32.1 Å². The van der Waals surface area contributed by atoms with Gasteiger partial charge in [-0.15, -0.1) is 0 Å². The maximum atomic E-state index is 9.51. The van der Waals surface area contributed by atoms with E-state index in [-0.39, 0.29) is 0 Å². The average Bonchev–Trinajstić information content (AvgIpc) is 2.95. The van der Waals surface area contributed by atoms with Gasteiger partial charge in [0, 0.05) is 46.0 Å². The maximum absolute atomic E-state index is 9.51. The molecule has 0 aliphatic carbocycles. The number of benzene rings is 1. The van der Waals surface area contributed by atoms with Gasteiger partial charge in [0.05, 0.1) is 12.8 Å². The smallest absolute Gasteiger partial charge is 0.164 e. The summed E-state index contributed by atoms with van der Waals surface area (Å²) in [7, 11) is 1.60. The molecule has 2 aromatic heterocycles. The molecule has 0 atom stereocenters. The van der Waals surface area contributed by atoms with Gasteiger partial charge in [0.15, 0.2) is 5.82 Å². The van der Waals surface area contributed by atoms with Crippen molar-refractivity contribution in [2.24, 2.45) is 5.10 Å². The molecule has 2 heterocycles. The van der Waals surface area contributed by atoms with E-state index in [4.69, 9.17) is 16.3 Å². The number of methoxy groups -OCH3 is 1. The summed E-state index contributed by atoms with van der Waals surface area (Å²) in [6.07, 6.45) is 1.73. The van der Waals surface area contributed by atoms with E-state index in [1.54, 1.807) is 13.3 Å². The second-order valence-electron chi connectivity index (χ2n) is 6.70. The van der Waals surface area contributed by atoms with E-state index >= 15 is 0 Å². The minimum atomic E-state index is 0.339. The predicted molar refractivity (Wildman–Crippen MR) is 116 cm³/mol. The Kier molecular flexibility index (Phi) is 6.32. The van der Waals surface area contributed by atoms with Crippen molar-refractivity contribution in [3.8, 4) is 11.8 Å². The molecule has 0 saturated carbocycles. The molecule has 7 heteroatoms. The Labute approximate surface area is 175 Å². The summed E-state index contributed by atoms with van der Waals surface area (Å²) < 4.78 is 7.30. The molecule has 0 amide bonds. The predicted octanol–water partition coefficient (Wildman–Crippen LogP) is 4.92. The van der Waals surface area contributed by atoms with Crippen LogP contribution in [-0.4, -0.2) is 22.9 Å². The van der Waals surface area contributed by atoms with Gasteiger partial charge < -0.3 is 9.30 Å². The van der Waals surface area contributed by atoms with E-state index in [9.17, 15) is 5.26 Å². The third kappa shape index (κ3) is 4.48. The van der Waals surface area contributed by atoms with Crippen molar-refractivity contribution in [2.45, 2.75) is 27.4 Å². The topological polar surface area (TPSA) is 75.2 Å². The van der Waals surface area contributed by atoms with Gasteiger partial charge in [-0.2, -0.15) is 10.4 Å². The Bertz CT molecular complexity index is 1110. The second kappa shape index (κ2) is 8.91. The normalized spacial score (nSPS) is 11.0. The number of hydrazone groups is 1. The molecular weight excluding hydrogens is 386 g/mol. The molecule has 29 heavy (non-hydrogen) atoms. The minimum absolute atomic E-state index is 0.339. The SMILES string of the molecule is COCc1cc(C)nc(N/N=C\c2cc(C)n(-c3cccc(Cl)c3)c2C)c1C#N. The fourth-order valence-corrected chi connectivity index (χ4v) is 3.49. The van der Waals surface area contributed by atoms with Crippen LogP contribution in [0.1, 0.15) is 33.8 Å². The summed E-state index contributed by atoms with van der Waals surface area (Å²) in [5, 5.41) is 14.5. The van der Waals surface area contributed by atoms with Crippen LogP contribution in [0.15, 0.2) is 41.5 Å². The minimum Gasteiger partial charge on any atom is -0.380 e. The van der Waals surface area contributed by atoms with E-state index in [0.717, 1.165) is 33.9 Å². The van der Waals surface area contributed by atoms with Crippen molar-refractivity contribution >= 4 is 23.6 Å². The first-order valence-corrected chi connectivity index (χ1v) is 9.46. The van der Waals surface area contributed by atoms with Gasteiger partial charge in [-0.1, -0.05) is 17.7 Å². The molecule has 0 fully saturated rings. The fourth-order valence-electron chi connectivity index (χ4n) is 3.31. The second-order valence-corrected chi connectivity index (χ2v) is 7.14. The lowest BCUT2D eigenvalue weighted by atomic mass is 10.1. The number of nitrogens with one attached hydrogen (secondary N) is 1. The fraction of sp³-hybridized carbons (Fsp3) is 0.227. The van der Waals surface area contributed by atoms with Crippen LogP contribution in [0.3, 0.4) is 0 Å². The van der Waals surface area contributed by atoms with Gasteiger partial charge in [-0.25, -0.2) is 4.98 Å². The Morgan fingerprint density at radius 1 is 1.28 bits per heavy atom. The van der Waals surface area contributed by atoms with Crippen molar-refractivity contribution in [1.82, 2.24) is 9.55 Å². The molecule has 1 N–H and O–H groups in total. The van der Waals surface area contributed by atoms with Gasteiger partial charge in [-0.3, -0.25) is 5.43 Å².